The molecule has 0 unspecified atom stereocenters. The van der Waals surface area contributed by atoms with E-state index in [0.29, 0.717) is 12.8 Å². The average molecular weight is 409 g/mol. The van der Waals surface area contributed by atoms with Crippen LogP contribution in [0.2, 0.25) is 0 Å². The maximum atomic E-state index is 16.8. The van der Waals surface area contributed by atoms with E-state index in [1.165, 1.54) is 0 Å². The second-order valence-electron chi connectivity index (χ2n) is 9.71. The highest BCUT2D eigenvalue weighted by atomic mass is 19.1. The first-order chi connectivity index (χ1) is 13.6. The van der Waals surface area contributed by atoms with E-state index in [1.54, 1.807) is 6.92 Å². The van der Waals surface area contributed by atoms with E-state index in [9.17, 15) is 20.1 Å². The van der Waals surface area contributed by atoms with Crippen molar-refractivity contribution in [2.45, 2.75) is 84.1 Å². The van der Waals surface area contributed by atoms with Crippen LogP contribution in [-0.4, -0.2) is 45.1 Å². The number of carbonyl (C=O) groups is 1. The molecule has 4 aliphatic rings. The highest BCUT2D eigenvalue weighted by molar-refractivity contribution is 5.90. The number of allylic oxidation sites excluding steroid dienone is 4. The van der Waals surface area contributed by atoms with Crippen molar-refractivity contribution in [1.29, 1.82) is 0 Å². The molecule has 0 radical (unpaired) electrons. The molecule has 3 fully saturated rings. The Hall–Kier alpha value is -1.04. The summed E-state index contributed by atoms with van der Waals surface area (Å²) < 4.78 is 16.8. The highest BCUT2D eigenvalue weighted by Gasteiger charge is 2.75. The molecule has 0 bridgehead atoms. The number of aliphatic hydroxyl groups is 3. The SMILES string of the molecule is CC.C[C@@H]1C[C@H]2[C@@H]3CCC4=CCC=C[C@]4(C)[C@@]3(F)[C@@H](O)C[C@]2(C)[C@@]1(O)C(=O)CO. The Kier molecular flexibility index (Phi) is 5.68. The van der Waals surface area contributed by atoms with Gasteiger partial charge in [-0.05, 0) is 50.9 Å². The molecule has 0 amide bonds. The highest BCUT2D eigenvalue weighted by Crippen LogP contribution is 2.70. The van der Waals surface area contributed by atoms with Crippen molar-refractivity contribution in [3.8, 4) is 0 Å². The lowest BCUT2D eigenvalue weighted by Crippen LogP contribution is -2.69. The van der Waals surface area contributed by atoms with Gasteiger partial charge >= 0.3 is 0 Å². The zero-order chi connectivity index (χ0) is 21.8. The van der Waals surface area contributed by atoms with Crippen LogP contribution in [0.25, 0.3) is 0 Å². The molecule has 0 aromatic heterocycles. The van der Waals surface area contributed by atoms with Crippen LogP contribution in [0.1, 0.15) is 66.7 Å². The summed E-state index contributed by atoms with van der Waals surface area (Å²) in [5.41, 5.74) is -4.28. The van der Waals surface area contributed by atoms with Gasteiger partial charge < -0.3 is 15.3 Å². The van der Waals surface area contributed by atoms with Crippen molar-refractivity contribution in [1.82, 2.24) is 0 Å². The summed E-state index contributed by atoms with van der Waals surface area (Å²) in [5.74, 6) is -1.64. The van der Waals surface area contributed by atoms with Crippen LogP contribution in [0.5, 0.6) is 0 Å². The van der Waals surface area contributed by atoms with Crippen LogP contribution in [0, 0.1) is 28.6 Å². The molecule has 3 saturated carbocycles. The van der Waals surface area contributed by atoms with Gasteiger partial charge in [0.25, 0.3) is 0 Å². The quantitative estimate of drug-likeness (QED) is 0.608. The van der Waals surface area contributed by atoms with E-state index >= 15 is 4.39 Å². The second-order valence-corrected chi connectivity index (χ2v) is 9.71. The van der Waals surface area contributed by atoms with Crippen LogP contribution < -0.4 is 0 Å². The van der Waals surface area contributed by atoms with Crippen LogP contribution in [0.4, 0.5) is 4.39 Å². The third-order valence-electron chi connectivity index (χ3n) is 8.85. The Morgan fingerprint density at radius 1 is 1.28 bits per heavy atom. The van der Waals surface area contributed by atoms with E-state index in [-0.39, 0.29) is 18.3 Å². The van der Waals surface area contributed by atoms with Gasteiger partial charge in [0.05, 0.1) is 6.10 Å². The number of carbonyl (C=O) groups excluding carboxylic acids is 1. The molecule has 4 rings (SSSR count). The van der Waals surface area contributed by atoms with Gasteiger partial charge in [-0.2, -0.15) is 0 Å². The second kappa shape index (κ2) is 7.28. The van der Waals surface area contributed by atoms with Gasteiger partial charge in [0, 0.05) is 16.7 Å². The van der Waals surface area contributed by atoms with Crippen molar-refractivity contribution in [2.75, 3.05) is 6.61 Å². The Bertz CT molecular complexity index is 732. The lowest BCUT2D eigenvalue weighted by atomic mass is 9.44. The monoisotopic (exact) mass is 408 g/mol. The molecule has 4 aliphatic carbocycles. The van der Waals surface area contributed by atoms with Crippen molar-refractivity contribution < 1.29 is 24.5 Å². The van der Waals surface area contributed by atoms with E-state index in [2.05, 4.69) is 6.08 Å². The van der Waals surface area contributed by atoms with Gasteiger partial charge in [-0.15, -0.1) is 0 Å². The van der Waals surface area contributed by atoms with Gasteiger partial charge in [0.1, 0.15) is 12.2 Å². The van der Waals surface area contributed by atoms with Gasteiger partial charge in [-0.25, -0.2) is 4.39 Å². The molecule has 0 saturated heterocycles. The Labute approximate surface area is 173 Å². The largest absolute Gasteiger partial charge is 0.390 e. The van der Waals surface area contributed by atoms with Crippen molar-refractivity contribution in [2.24, 2.45) is 28.6 Å². The zero-order valence-electron chi connectivity index (χ0n) is 18.4. The van der Waals surface area contributed by atoms with Crippen molar-refractivity contribution >= 4 is 5.78 Å². The standard InChI is InChI=1S/C22H31FO4.C2H6/c1-13-10-16-15-8-7-14-6-4-5-9-19(14,2)21(15,23)17(25)11-20(16,3)22(13,27)18(26)12-24;1-2/h5-6,9,13,15-17,24-25,27H,4,7-8,10-12H2,1-3H3;1-2H3/t13-,15+,16+,17+,19+,20+,21+,22+;/m1./s1. The molecule has 5 heteroatoms. The molecular formula is C24H37FO4. The number of alkyl halides is 1. The number of hydrogen-bond donors (Lipinski definition) is 3. The molecule has 8 atom stereocenters. The number of rotatable bonds is 2. The maximum absolute atomic E-state index is 16.8. The number of Topliss-reactive ketones (excluding diaryl/α,β-unsaturated/α-hetero) is 1. The fourth-order valence-electron chi connectivity index (χ4n) is 7.40. The number of ketones is 1. The molecule has 0 heterocycles. The molecule has 0 aromatic rings. The topological polar surface area (TPSA) is 77.8 Å². The summed E-state index contributed by atoms with van der Waals surface area (Å²) in [5, 5.41) is 32.0. The van der Waals surface area contributed by atoms with Gasteiger partial charge in [-0.1, -0.05) is 51.5 Å². The minimum Gasteiger partial charge on any atom is -0.390 e. The van der Waals surface area contributed by atoms with Crippen LogP contribution >= 0.6 is 0 Å². The van der Waals surface area contributed by atoms with Crippen LogP contribution in [0.15, 0.2) is 23.8 Å². The zero-order valence-corrected chi connectivity index (χ0v) is 18.4. The molecule has 4 nitrogen and oxygen atoms in total. The summed E-state index contributed by atoms with van der Waals surface area (Å²) in [4.78, 5) is 12.5. The lowest BCUT2D eigenvalue weighted by molar-refractivity contribution is -0.219. The molecule has 0 aromatic carbocycles. The first-order valence-electron chi connectivity index (χ1n) is 11.2. The fraction of sp³-hybridized carbons (Fsp3) is 0.792. The lowest BCUT2D eigenvalue weighted by Gasteiger charge is -2.62. The number of fused-ring (bicyclic) bond motifs is 5. The molecule has 0 aliphatic heterocycles. The van der Waals surface area contributed by atoms with Crippen LogP contribution in [-0.2, 0) is 4.79 Å². The van der Waals surface area contributed by atoms with Gasteiger partial charge in [-0.3, -0.25) is 4.79 Å². The predicted octanol–water partition coefficient (Wildman–Crippen LogP) is 3.74. The smallest absolute Gasteiger partial charge is 0.190 e. The third kappa shape index (κ3) is 2.56. The fourth-order valence-corrected chi connectivity index (χ4v) is 7.40. The summed E-state index contributed by atoms with van der Waals surface area (Å²) in [6.07, 6.45) is 7.43. The minimum absolute atomic E-state index is 0.0218. The Morgan fingerprint density at radius 2 is 1.93 bits per heavy atom. The molecule has 3 N–H and O–H groups in total. The summed E-state index contributed by atoms with van der Waals surface area (Å²) >= 11 is 0. The molecule has 0 spiro atoms. The number of hydrogen-bond acceptors (Lipinski definition) is 4. The van der Waals surface area contributed by atoms with E-state index in [4.69, 9.17) is 0 Å². The van der Waals surface area contributed by atoms with E-state index in [0.717, 1.165) is 18.4 Å². The minimum atomic E-state index is -1.81. The first-order valence-corrected chi connectivity index (χ1v) is 11.2. The van der Waals surface area contributed by atoms with Gasteiger partial charge in [0.15, 0.2) is 11.5 Å². The first kappa shape index (κ1) is 22.6. The van der Waals surface area contributed by atoms with E-state index in [1.807, 2.05) is 39.8 Å². The average Bonchev–Trinajstić information content (AvgIpc) is 2.91. The Morgan fingerprint density at radius 3 is 2.55 bits per heavy atom. The van der Waals surface area contributed by atoms with Crippen molar-refractivity contribution in [3.05, 3.63) is 23.8 Å². The predicted molar refractivity (Wildman–Crippen MR) is 111 cm³/mol. The van der Waals surface area contributed by atoms with Crippen molar-refractivity contribution in [3.63, 3.8) is 0 Å². The van der Waals surface area contributed by atoms with Crippen LogP contribution in [0.3, 0.4) is 0 Å². The van der Waals surface area contributed by atoms with Gasteiger partial charge in [0.2, 0.25) is 0 Å². The normalized spacial score (nSPS) is 50.4. The maximum Gasteiger partial charge on any atom is 0.190 e. The Balaban J connectivity index is 0.00000117. The summed E-state index contributed by atoms with van der Waals surface area (Å²) in [6, 6.07) is 0. The molecule has 29 heavy (non-hydrogen) atoms. The molecular weight excluding hydrogens is 371 g/mol. The summed E-state index contributed by atoms with van der Waals surface area (Å²) in [6.45, 7) is 8.76. The van der Waals surface area contributed by atoms with E-state index < -0.39 is 46.5 Å². The number of halogens is 1. The summed E-state index contributed by atoms with van der Waals surface area (Å²) in [7, 11) is 0. The number of aliphatic hydroxyl groups excluding tert-OH is 2. The third-order valence-corrected chi connectivity index (χ3v) is 8.85. The molecule has 164 valence electrons.